The Morgan fingerprint density at radius 3 is 2.52 bits per heavy atom. The highest BCUT2D eigenvalue weighted by molar-refractivity contribution is 5.91. The summed E-state index contributed by atoms with van der Waals surface area (Å²) in [5.41, 5.74) is 0.467. The molecule has 3 aromatic rings. The molecule has 0 saturated carbocycles. The van der Waals surface area contributed by atoms with Gasteiger partial charge in [0.15, 0.2) is 0 Å². The predicted octanol–water partition coefficient (Wildman–Crippen LogP) is 2.29. The van der Waals surface area contributed by atoms with Gasteiger partial charge >= 0.3 is 5.69 Å². The molecular formula is C23H26N4O4. The highest BCUT2D eigenvalue weighted by Crippen LogP contribution is 2.13. The van der Waals surface area contributed by atoms with Crippen LogP contribution in [0.1, 0.15) is 41.9 Å². The number of hydrogen-bond donors (Lipinski definition) is 1. The van der Waals surface area contributed by atoms with Crippen LogP contribution in [0.15, 0.2) is 58.1 Å². The van der Waals surface area contributed by atoms with E-state index in [0.717, 1.165) is 14.8 Å². The zero-order valence-electron chi connectivity index (χ0n) is 18.1. The van der Waals surface area contributed by atoms with Gasteiger partial charge in [0, 0.05) is 6.04 Å². The summed E-state index contributed by atoms with van der Waals surface area (Å²) < 4.78 is 7.34. The third-order valence-corrected chi connectivity index (χ3v) is 5.02. The van der Waals surface area contributed by atoms with Gasteiger partial charge in [0.25, 0.3) is 11.5 Å². The predicted molar refractivity (Wildman–Crippen MR) is 118 cm³/mol. The van der Waals surface area contributed by atoms with Crippen molar-refractivity contribution >= 4 is 5.91 Å². The van der Waals surface area contributed by atoms with Crippen LogP contribution in [0.3, 0.4) is 0 Å². The monoisotopic (exact) mass is 422 g/mol. The summed E-state index contributed by atoms with van der Waals surface area (Å²) in [6, 6.07) is 14.0. The van der Waals surface area contributed by atoms with E-state index in [1.54, 1.807) is 43.5 Å². The van der Waals surface area contributed by atoms with Crippen molar-refractivity contribution in [2.45, 2.75) is 39.8 Å². The average Bonchev–Trinajstić information content (AvgIpc) is 2.77. The van der Waals surface area contributed by atoms with Crippen molar-refractivity contribution in [1.29, 1.82) is 0 Å². The van der Waals surface area contributed by atoms with Gasteiger partial charge in [-0.3, -0.25) is 14.2 Å². The lowest BCUT2D eigenvalue weighted by atomic mass is 10.2. The molecule has 162 valence electrons. The molecule has 0 radical (unpaired) electrons. The van der Waals surface area contributed by atoms with Crippen molar-refractivity contribution < 1.29 is 9.53 Å². The second-order valence-corrected chi connectivity index (χ2v) is 7.40. The van der Waals surface area contributed by atoms with Crippen molar-refractivity contribution in [2.75, 3.05) is 7.11 Å². The Morgan fingerprint density at radius 1 is 1.16 bits per heavy atom. The molecule has 8 nitrogen and oxygen atoms in total. The van der Waals surface area contributed by atoms with Gasteiger partial charge in [-0.15, -0.1) is 0 Å². The maximum Gasteiger partial charge on any atom is 0.352 e. The first kappa shape index (κ1) is 22.0. The first-order valence-electron chi connectivity index (χ1n) is 10.1. The third kappa shape index (κ3) is 4.91. The molecule has 1 heterocycles. The molecule has 0 unspecified atom stereocenters. The molecule has 2 aromatic carbocycles. The molecule has 0 spiro atoms. The quantitative estimate of drug-likeness (QED) is 0.630. The number of methoxy groups -OCH3 is 1. The zero-order chi connectivity index (χ0) is 22.5. The fraction of sp³-hybridized carbons (Fsp3) is 0.304. The molecule has 0 aliphatic rings. The van der Waals surface area contributed by atoms with E-state index in [-0.39, 0.29) is 18.3 Å². The fourth-order valence-electron chi connectivity index (χ4n) is 3.00. The topological polar surface area (TPSA) is 95.2 Å². The number of benzene rings is 2. The molecule has 0 saturated heterocycles. The molecule has 0 aliphatic heterocycles. The summed E-state index contributed by atoms with van der Waals surface area (Å²) in [6.45, 7) is 5.66. The maximum atomic E-state index is 13.2. The van der Waals surface area contributed by atoms with Crippen LogP contribution in [0, 0.1) is 6.92 Å². The minimum atomic E-state index is -0.739. The number of carbonyl (C=O) groups excluding carboxylic acids is 1. The number of nitrogens with zero attached hydrogens (tertiary/aromatic N) is 3. The fourth-order valence-corrected chi connectivity index (χ4v) is 3.00. The van der Waals surface area contributed by atoms with Crippen LogP contribution >= 0.6 is 0 Å². The number of hydrogen-bond acceptors (Lipinski definition) is 5. The van der Waals surface area contributed by atoms with E-state index >= 15 is 0 Å². The summed E-state index contributed by atoms with van der Waals surface area (Å²) in [5, 5.41) is 6.88. The van der Waals surface area contributed by atoms with E-state index in [4.69, 9.17) is 4.74 Å². The summed E-state index contributed by atoms with van der Waals surface area (Å²) in [4.78, 5) is 39.0. The Bertz CT molecular complexity index is 1200. The van der Waals surface area contributed by atoms with Gasteiger partial charge in [-0.2, -0.15) is 9.78 Å². The number of ether oxygens (including phenoxy) is 1. The summed E-state index contributed by atoms with van der Waals surface area (Å²) in [7, 11) is 1.54. The number of amides is 1. The van der Waals surface area contributed by atoms with E-state index in [2.05, 4.69) is 10.4 Å². The second kappa shape index (κ2) is 9.42. The molecule has 0 bridgehead atoms. The SMILES string of the molecule is CC[C@@H](C)NC(=O)c1nn(-c2ccc(C)cc2)c(=O)n(Cc2cccc(OC)c2)c1=O. The largest absolute Gasteiger partial charge is 0.497 e. The van der Waals surface area contributed by atoms with Crippen molar-refractivity contribution in [2.24, 2.45) is 0 Å². The van der Waals surface area contributed by atoms with Gasteiger partial charge in [0.2, 0.25) is 5.69 Å². The molecule has 31 heavy (non-hydrogen) atoms. The molecular weight excluding hydrogens is 396 g/mol. The van der Waals surface area contributed by atoms with E-state index < -0.39 is 17.2 Å². The number of aromatic nitrogens is 3. The number of rotatable bonds is 7. The number of nitrogens with one attached hydrogen (secondary N) is 1. The number of aryl methyl sites for hydroxylation is 1. The van der Waals surface area contributed by atoms with Crippen LogP contribution in [0.2, 0.25) is 0 Å². The molecule has 1 amide bonds. The Balaban J connectivity index is 2.17. The van der Waals surface area contributed by atoms with Gasteiger partial charge < -0.3 is 10.1 Å². The standard InChI is InChI=1S/C23H26N4O4/c1-5-16(3)24-21(28)20-22(29)26(14-17-7-6-8-19(13-17)31-4)23(30)27(25-20)18-11-9-15(2)10-12-18/h6-13,16H,5,14H2,1-4H3,(H,24,28)/t16-/m1/s1. The first-order chi connectivity index (χ1) is 14.8. The van der Waals surface area contributed by atoms with Crippen molar-refractivity contribution in [3.63, 3.8) is 0 Å². The Kier molecular flexibility index (Phi) is 6.69. The Morgan fingerprint density at radius 2 is 1.87 bits per heavy atom. The van der Waals surface area contributed by atoms with Gasteiger partial charge in [0.1, 0.15) is 5.75 Å². The van der Waals surface area contributed by atoms with Crippen LogP contribution in [-0.4, -0.2) is 33.4 Å². The van der Waals surface area contributed by atoms with E-state index in [1.807, 2.05) is 32.9 Å². The highest BCUT2D eigenvalue weighted by Gasteiger charge is 2.21. The van der Waals surface area contributed by atoms with Crippen LogP contribution in [0.4, 0.5) is 0 Å². The molecule has 1 aromatic heterocycles. The van der Waals surface area contributed by atoms with Crippen molar-refractivity contribution in [3.8, 4) is 11.4 Å². The summed E-state index contributed by atoms with van der Waals surface area (Å²) in [6.07, 6.45) is 0.696. The van der Waals surface area contributed by atoms with Crippen LogP contribution < -0.4 is 21.3 Å². The zero-order valence-corrected chi connectivity index (χ0v) is 18.1. The van der Waals surface area contributed by atoms with Crippen molar-refractivity contribution in [3.05, 3.63) is 86.2 Å². The molecule has 0 fully saturated rings. The normalized spacial score (nSPS) is 11.7. The van der Waals surface area contributed by atoms with Crippen LogP contribution in [0.25, 0.3) is 5.69 Å². The molecule has 8 heteroatoms. The van der Waals surface area contributed by atoms with E-state index in [0.29, 0.717) is 23.4 Å². The number of carbonyl (C=O) groups is 1. The first-order valence-corrected chi connectivity index (χ1v) is 10.1. The smallest absolute Gasteiger partial charge is 0.352 e. The Labute approximate surface area is 180 Å². The minimum absolute atomic E-state index is 0.0210. The molecule has 0 aliphatic carbocycles. The van der Waals surface area contributed by atoms with Crippen LogP contribution in [-0.2, 0) is 6.54 Å². The maximum absolute atomic E-state index is 13.2. The lowest BCUT2D eigenvalue weighted by Gasteiger charge is -2.14. The summed E-state index contributed by atoms with van der Waals surface area (Å²) >= 11 is 0. The molecule has 3 rings (SSSR count). The Hall–Kier alpha value is -3.68. The molecule has 1 N–H and O–H groups in total. The molecule has 1 atom stereocenters. The van der Waals surface area contributed by atoms with Gasteiger partial charge in [-0.05, 0) is 50.1 Å². The second-order valence-electron chi connectivity index (χ2n) is 7.40. The lowest BCUT2D eigenvalue weighted by Crippen LogP contribution is -2.47. The lowest BCUT2D eigenvalue weighted by molar-refractivity contribution is 0.0929. The van der Waals surface area contributed by atoms with Crippen LogP contribution in [0.5, 0.6) is 5.75 Å². The van der Waals surface area contributed by atoms with Crippen molar-refractivity contribution in [1.82, 2.24) is 19.7 Å². The highest BCUT2D eigenvalue weighted by atomic mass is 16.5. The van der Waals surface area contributed by atoms with Gasteiger partial charge in [-0.1, -0.05) is 36.8 Å². The van der Waals surface area contributed by atoms with E-state index in [9.17, 15) is 14.4 Å². The summed E-state index contributed by atoms with van der Waals surface area (Å²) in [5.74, 6) is -0.00666. The van der Waals surface area contributed by atoms with Gasteiger partial charge in [-0.25, -0.2) is 4.79 Å². The average molecular weight is 422 g/mol. The third-order valence-electron chi connectivity index (χ3n) is 5.02. The minimum Gasteiger partial charge on any atom is -0.497 e. The van der Waals surface area contributed by atoms with E-state index in [1.165, 1.54) is 0 Å². The van der Waals surface area contributed by atoms with Gasteiger partial charge in [0.05, 0.1) is 19.3 Å².